The van der Waals surface area contributed by atoms with Gasteiger partial charge in [-0.2, -0.15) is 0 Å². The molecule has 0 aliphatic heterocycles. The van der Waals surface area contributed by atoms with Gasteiger partial charge in [-0.05, 0) is 52.2 Å². The number of halogens is 1. The average molecular weight is 311 g/mol. The number of anilines is 1. The number of hydrogen-bond acceptors (Lipinski definition) is 4. The Hall–Kier alpha value is -0.870. The highest BCUT2D eigenvalue weighted by Crippen LogP contribution is 2.38. The van der Waals surface area contributed by atoms with Crippen molar-refractivity contribution in [1.82, 2.24) is 14.9 Å². The molecular weight excluding hydrogens is 284 g/mol. The van der Waals surface area contributed by atoms with E-state index in [4.69, 9.17) is 11.6 Å². The fraction of sp³-hybridized carbons (Fsp3) is 0.750. The van der Waals surface area contributed by atoms with Crippen LogP contribution in [0.15, 0.2) is 6.07 Å². The van der Waals surface area contributed by atoms with Crippen LogP contribution in [0.1, 0.15) is 58.2 Å². The Morgan fingerprint density at radius 2 is 2.05 bits per heavy atom. The molecule has 5 heteroatoms. The van der Waals surface area contributed by atoms with Crippen molar-refractivity contribution in [1.29, 1.82) is 0 Å². The maximum Gasteiger partial charge on any atom is 0.135 e. The number of rotatable bonds is 9. The van der Waals surface area contributed by atoms with Crippen molar-refractivity contribution in [2.45, 2.75) is 58.4 Å². The van der Waals surface area contributed by atoms with Crippen LogP contribution in [0.3, 0.4) is 0 Å². The Morgan fingerprint density at radius 3 is 2.67 bits per heavy atom. The first kappa shape index (κ1) is 16.5. The highest BCUT2D eigenvalue weighted by atomic mass is 35.5. The second-order valence-corrected chi connectivity index (χ2v) is 6.31. The Labute approximate surface area is 133 Å². The summed E-state index contributed by atoms with van der Waals surface area (Å²) < 4.78 is 0. The molecular formula is C16H27ClN4. The lowest BCUT2D eigenvalue weighted by atomic mass is 10.1. The normalized spacial score (nSPS) is 16.2. The second-order valence-electron chi connectivity index (χ2n) is 5.92. The smallest absolute Gasteiger partial charge is 0.135 e. The maximum atomic E-state index is 6.09. The molecule has 1 aromatic heterocycles. The molecule has 1 fully saturated rings. The molecule has 0 amide bonds. The van der Waals surface area contributed by atoms with Gasteiger partial charge in [-0.1, -0.05) is 25.4 Å². The van der Waals surface area contributed by atoms with Gasteiger partial charge in [-0.15, -0.1) is 0 Å². The minimum Gasteiger partial charge on any atom is -0.367 e. The molecule has 1 N–H and O–H groups in total. The Morgan fingerprint density at radius 1 is 1.33 bits per heavy atom. The summed E-state index contributed by atoms with van der Waals surface area (Å²) in [6.45, 7) is 10.1. The van der Waals surface area contributed by atoms with Crippen LogP contribution in [-0.4, -0.2) is 40.5 Å². The molecule has 2 rings (SSSR count). The third kappa shape index (κ3) is 5.44. The summed E-state index contributed by atoms with van der Waals surface area (Å²) >= 11 is 6.09. The van der Waals surface area contributed by atoms with Gasteiger partial charge in [-0.3, -0.25) is 0 Å². The van der Waals surface area contributed by atoms with E-state index < -0.39 is 0 Å². The first-order chi connectivity index (χ1) is 10.1. The van der Waals surface area contributed by atoms with Crippen molar-refractivity contribution in [2.24, 2.45) is 0 Å². The molecule has 0 aromatic carbocycles. The summed E-state index contributed by atoms with van der Waals surface area (Å²) in [5.41, 5.74) is 0. The van der Waals surface area contributed by atoms with Crippen LogP contribution in [0, 0.1) is 0 Å². The molecule has 0 spiro atoms. The highest BCUT2D eigenvalue weighted by molar-refractivity contribution is 6.29. The molecule has 1 saturated carbocycles. The SMILES string of the molecule is CCN(CC)CCCC(C)Nc1cc(Cl)nc(C2CC2)n1. The fourth-order valence-electron chi connectivity index (χ4n) is 2.52. The third-order valence-electron chi connectivity index (χ3n) is 4.05. The van der Waals surface area contributed by atoms with E-state index in [2.05, 4.69) is 41.0 Å². The Kier molecular flexibility index (Phi) is 6.24. The van der Waals surface area contributed by atoms with Crippen LogP contribution in [0.4, 0.5) is 5.82 Å². The lowest BCUT2D eigenvalue weighted by Gasteiger charge is -2.20. The van der Waals surface area contributed by atoms with Gasteiger partial charge in [0, 0.05) is 18.0 Å². The molecule has 0 saturated heterocycles. The van der Waals surface area contributed by atoms with Crippen molar-refractivity contribution in [3.05, 3.63) is 17.0 Å². The average Bonchev–Trinajstić information content (AvgIpc) is 3.27. The van der Waals surface area contributed by atoms with Crippen molar-refractivity contribution in [2.75, 3.05) is 25.0 Å². The summed E-state index contributed by atoms with van der Waals surface area (Å²) in [5.74, 6) is 2.30. The first-order valence-corrected chi connectivity index (χ1v) is 8.53. The molecule has 118 valence electrons. The Balaban J connectivity index is 1.80. The molecule has 0 bridgehead atoms. The summed E-state index contributed by atoms with van der Waals surface area (Å²) in [4.78, 5) is 11.4. The van der Waals surface area contributed by atoms with Gasteiger partial charge in [0.05, 0.1) is 0 Å². The molecule has 1 unspecified atom stereocenters. The van der Waals surface area contributed by atoms with Gasteiger partial charge >= 0.3 is 0 Å². The Bertz CT molecular complexity index is 444. The van der Waals surface area contributed by atoms with Crippen LogP contribution in [0.2, 0.25) is 5.15 Å². The summed E-state index contributed by atoms with van der Waals surface area (Å²) in [7, 11) is 0. The fourth-order valence-corrected chi connectivity index (χ4v) is 2.71. The van der Waals surface area contributed by atoms with E-state index >= 15 is 0 Å². The van der Waals surface area contributed by atoms with Gasteiger partial charge < -0.3 is 10.2 Å². The van der Waals surface area contributed by atoms with Crippen molar-refractivity contribution >= 4 is 17.4 Å². The van der Waals surface area contributed by atoms with Gasteiger partial charge in [0.2, 0.25) is 0 Å². The van der Waals surface area contributed by atoms with E-state index in [9.17, 15) is 0 Å². The lowest BCUT2D eigenvalue weighted by molar-refractivity contribution is 0.295. The molecule has 1 atom stereocenters. The largest absolute Gasteiger partial charge is 0.367 e. The molecule has 1 aliphatic rings. The van der Waals surface area contributed by atoms with Gasteiger partial charge in [0.1, 0.15) is 16.8 Å². The van der Waals surface area contributed by atoms with Crippen LogP contribution >= 0.6 is 11.6 Å². The van der Waals surface area contributed by atoms with E-state index in [0.717, 1.165) is 37.7 Å². The van der Waals surface area contributed by atoms with E-state index in [1.54, 1.807) is 0 Å². The van der Waals surface area contributed by atoms with Gasteiger partial charge in [-0.25, -0.2) is 9.97 Å². The molecule has 1 aliphatic carbocycles. The zero-order valence-corrected chi connectivity index (χ0v) is 14.2. The van der Waals surface area contributed by atoms with Gasteiger partial charge in [0.15, 0.2) is 0 Å². The van der Waals surface area contributed by atoms with E-state index in [0.29, 0.717) is 17.1 Å². The van der Waals surface area contributed by atoms with E-state index in [1.165, 1.54) is 19.3 Å². The minimum atomic E-state index is 0.401. The number of nitrogens with zero attached hydrogens (tertiary/aromatic N) is 3. The second kappa shape index (κ2) is 7.95. The number of nitrogens with one attached hydrogen (secondary N) is 1. The van der Waals surface area contributed by atoms with Crippen LogP contribution < -0.4 is 5.32 Å². The van der Waals surface area contributed by atoms with Crippen molar-refractivity contribution in [3.63, 3.8) is 0 Å². The molecule has 0 radical (unpaired) electrons. The summed E-state index contributed by atoms with van der Waals surface area (Å²) in [5, 5.41) is 4.01. The molecule has 4 nitrogen and oxygen atoms in total. The predicted molar refractivity (Wildman–Crippen MR) is 89.1 cm³/mol. The predicted octanol–water partition coefficient (Wildman–Crippen LogP) is 3.93. The first-order valence-electron chi connectivity index (χ1n) is 8.15. The minimum absolute atomic E-state index is 0.401. The molecule has 21 heavy (non-hydrogen) atoms. The van der Waals surface area contributed by atoms with E-state index in [1.807, 2.05) is 6.07 Å². The highest BCUT2D eigenvalue weighted by Gasteiger charge is 2.27. The number of aromatic nitrogens is 2. The lowest BCUT2D eigenvalue weighted by Crippen LogP contribution is -2.25. The van der Waals surface area contributed by atoms with E-state index in [-0.39, 0.29) is 0 Å². The third-order valence-corrected chi connectivity index (χ3v) is 4.25. The zero-order valence-electron chi connectivity index (χ0n) is 13.4. The maximum absolute atomic E-state index is 6.09. The molecule has 1 aromatic rings. The summed E-state index contributed by atoms with van der Waals surface area (Å²) in [6.07, 6.45) is 4.72. The van der Waals surface area contributed by atoms with Crippen LogP contribution in [0.25, 0.3) is 0 Å². The van der Waals surface area contributed by atoms with Crippen molar-refractivity contribution in [3.8, 4) is 0 Å². The zero-order chi connectivity index (χ0) is 15.2. The van der Waals surface area contributed by atoms with Crippen molar-refractivity contribution < 1.29 is 0 Å². The summed E-state index contributed by atoms with van der Waals surface area (Å²) in [6, 6.07) is 2.23. The van der Waals surface area contributed by atoms with Crippen LogP contribution in [-0.2, 0) is 0 Å². The van der Waals surface area contributed by atoms with Crippen LogP contribution in [0.5, 0.6) is 0 Å². The topological polar surface area (TPSA) is 41.0 Å². The van der Waals surface area contributed by atoms with Gasteiger partial charge in [0.25, 0.3) is 0 Å². The standard InChI is InChI=1S/C16H27ClN4/c1-4-21(5-2)10-6-7-12(3)18-15-11-14(17)19-16(20-15)13-8-9-13/h11-13H,4-10H2,1-3H3,(H,18,19,20). The quantitative estimate of drug-likeness (QED) is 0.702. The molecule has 1 heterocycles. The number of hydrogen-bond donors (Lipinski definition) is 1. The monoisotopic (exact) mass is 310 g/mol.